The lowest BCUT2D eigenvalue weighted by Gasteiger charge is -2.32. The van der Waals surface area contributed by atoms with Crippen LogP contribution in [0.2, 0.25) is 6.04 Å². The number of nitrogens with one attached hydrogen (secondary N) is 1. The van der Waals surface area contributed by atoms with Crippen molar-refractivity contribution in [2.45, 2.75) is 38.7 Å². The summed E-state index contributed by atoms with van der Waals surface area (Å²) >= 11 is 1.28. The van der Waals surface area contributed by atoms with Gasteiger partial charge in [-0.05, 0) is 37.3 Å². The summed E-state index contributed by atoms with van der Waals surface area (Å²) in [7, 11) is -1.06. The lowest BCUT2D eigenvalue weighted by molar-refractivity contribution is -0.112. The van der Waals surface area contributed by atoms with Gasteiger partial charge in [0.05, 0.1) is 0 Å². The van der Waals surface area contributed by atoms with Gasteiger partial charge in [-0.25, -0.2) is 5.48 Å². The van der Waals surface area contributed by atoms with Crippen LogP contribution in [0, 0.1) is 5.92 Å². The fraction of sp³-hybridized carbons (Fsp3) is 0.632. The van der Waals surface area contributed by atoms with Gasteiger partial charge in [-0.2, -0.15) is 0 Å². The predicted molar refractivity (Wildman–Crippen MR) is 110 cm³/mol. The monoisotopic (exact) mass is 413 g/mol. The summed E-state index contributed by atoms with van der Waals surface area (Å²) in [6.45, 7) is 3.77. The molecule has 0 aromatic heterocycles. The average Bonchev–Trinajstić information content (AvgIpc) is 2.68. The molecule has 0 amide bonds. The maximum Gasteiger partial charge on any atom is 0.517 e. The molecule has 2 rings (SSSR count). The molecule has 2 atom stereocenters. The van der Waals surface area contributed by atoms with Crippen molar-refractivity contribution in [2.24, 2.45) is 5.92 Å². The first-order chi connectivity index (χ1) is 13.2. The van der Waals surface area contributed by atoms with Gasteiger partial charge in [0.1, 0.15) is 5.75 Å². The number of benzene rings is 1. The van der Waals surface area contributed by atoms with Crippen LogP contribution >= 0.6 is 11.8 Å². The summed E-state index contributed by atoms with van der Waals surface area (Å²) in [4.78, 5) is 12.0. The summed E-state index contributed by atoms with van der Waals surface area (Å²) in [5.41, 5.74) is 3.07. The summed E-state index contributed by atoms with van der Waals surface area (Å²) in [6.07, 6.45) is 4.15. The summed E-state index contributed by atoms with van der Waals surface area (Å²) in [6, 6.07) is 10.1. The van der Waals surface area contributed by atoms with Gasteiger partial charge in [0.2, 0.25) is 5.12 Å². The van der Waals surface area contributed by atoms with Crippen molar-refractivity contribution in [1.29, 1.82) is 0 Å². The molecule has 1 fully saturated rings. The summed E-state index contributed by atoms with van der Waals surface area (Å²) in [5.74, 6) is 1.98. The third-order valence-corrected chi connectivity index (χ3v) is 8.07. The van der Waals surface area contributed by atoms with Gasteiger partial charge < -0.3 is 13.6 Å². The molecule has 1 aliphatic heterocycles. The quantitative estimate of drug-likeness (QED) is 0.464. The fourth-order valence-corrected chi connectivity index (χ4v) is 5.91. The lowest BCUT2D eigenvalue weighted by Crippen LogP contribution is -2.51. The second-order valence-corrected chi connectivity index (χ2v) is 10.5. The maximum absolute atomic E-state index is 12.0. The first kappa shape index (κ1) is 22.4. The van der Waals surface area contributed by atoms with Crippen LogP contribution in [0.3, 0.4) is 0 Å². The Balaban J connectivity index is 1.65. The van der Waals surface area contributed by atoms with E-state index in [4.69, 9.17) is 18.1 Å². The molecule has 1 aromatic carbocycles. The fourth-order valence-electron chi connectivity index (χ4n) is 2.94. The Kier molecular flexibility index (Phi) is 10.4. The molecule has 2 unspecified atom stereocenters. The minimum atomic E-state index is -2.70. The SMILES string of the molecule is CCCC1CCO[Si](CCCSC(=O)COc2ccccc2)(OC)ONC1. The molecule has 0 spiro atoms. The molecule has 152 valence electrons. The van der Waals surface area contributed by atoms with Crippen LogP contribution in [0.25, 0.3) is 0 Å². The number of rotatable bonds is 10. The number of hydrogen-bond donors (Lipinski definition) is 1. The van der Waals surface area contributed by atoms with E-state index in [-0.39, 0.29) is 11.7 Å². The molecule has 0 aliphatic carbocycles. The highest BCUT2D eigenvalue weighted by molar-refractivity contribution is 8.13. The predicted octanol–water partition coefficient (Wildman–Crippen LogP) is 3.66. The molecule has 1 heterocycles. The first-order valence-corrected chi connectivity index (χ1v) is 12.5. The van der Waals surface area contributed by atoms with Gasteiger partial charge in [0.25, 0.3) is 0 Å². The molecule has 0 bridgehead atoms. The Morgan fingerprint density at radius 3 is 2.93 bits per heavy atom. The maximum atomic E-state index is 12.0. The lowest BCUT2D eigenvalue weighted by atomic mass is 10.0. The molecular weight excluding hydrogens is 382 g/mol. The van der Waals surface area contributed by atoms with Crippen LogP contribution in [-0.2, 0) is 18.2 Å². The number of hydroxylamine groups is 1. The third-order valence-electron chi connectivity index (χ3n) is 4.45. The molecule has 1 saturated heterocycles. The van der Waals surface area contributed by atoms with Crippen LogP contribution < -0.4 is 10.2 Å². The van der Waals surface area contributed by atoms with Gasteiger partial charge in [0.15, 0.2) is 6.61 Å². The Morgan fingerprint density at radius 1 is 1.37 bits per heavy atom. The zero-order valence-electron chi connectivity index (χ0n) is 16.3. The van der Waals surface area contributed by atoms with E-state index in [2.05, 4.69) is 12.4 Å². The number of thioether (sulfide) groups is 1. The van der Waals surface area contributed by atoms with Crippen molar-refractivity contribution in [3.8, 4) is 5.75 Å². The van der Waals surface area contributed by atoms with Crippen LogP contribution in [-0.4, -0.2) is 46.5 Å². The minimum absolute atomic E-state index is 0.0204. The van der Waals surface area contributed by atoms with Gasteiger partial charge in [0, 0.05) is 32.1 Å². The Morgan fingerprint density at radius 2 is 2.19 bits per heavy atom. The van der Waals surface area contributed by atoms with E-state index in [0.717, 1.165) is 19.4 Å². The van der Waals surface area contributed by atoms with E-state index in [1.807, 2.05) is 30.3 Å². The molecule has 1 aromatic rings. The Bertz CT molecular complexity index is 538. The summed E-state index contributed by atoms with van der Waals surface area (Å²) < 4.78 is 23.0. The molecule has 0 radical (unpaired) electrons. The molecule has 1 N–H and O–H groups in total. The zero-order valence-corrected chi connectivity index (χ0v) is 18.1. The van der Waals surface area contributed by atoms with Crippen LogP contribution in [0.5, 0.6) is 5.75 Å². The number of ether oxygens (including phenoxy) is 1. The van der Waals surface area contributed by atoms with E-state index < -0.39 is 8.80 Å². The number of carbonyl (C=O) groups excluding carboxylic acids is 1. The number of carbonyl (C=O) groups is 1. The average molecular weight is 414 g/mol. The Labute approximate surface area is 167 Å². The largest absolute Gasteiger partial charge is 0.517 e. The second kappa shape index (κ2) is 12.5. The van der Waals surface area contributed by atoms with Crippen molar-refractivity contribution in [2.75, 3.05) is 32.6 Å². The van der Waals surface area contributed by atoms with Crippen molar-refractivity contribution >= 4 is 25.7 Å². The highest BCUT2D eigenvalue weighted by atomic mass is 32.2. The van der Waals surface area contributed by atoms with Crippen LogP contribution in [0.1, 0.15) is 32.6 Å². The molecule has 8 heteroatoms. The second-order valence-electron chi connectivity index (χ2n) is 6.56. The molecule has 0 saturated carbocycles. The van der Waals surface area contributed by atoms with Crippen molar-refractivity contribution in [3.63, 3.8) is 0 Å². The van der Waals surface area contributed by atoms with Gasteiger partial charge in [-0.1, -0.05) is 43.3 Å². The zero-order chi connectivity index (χ0) is 19.4. The molecule has 6 nitrogen and oxygen atoms in total. The van der Waals surface area contributed by atoms with Gasteiger partial charge in [-0.15, -0.1) is 0 Å². The first-order valence-electron chi connectivity index (χ1n) is 9.61. The van der Waals surface area contributed by atoms with Gasteiger partial charge >= 0.3 is 8.80 Å². The van der Waals surface area contributed by atoms with E-state index >= 15 is 0 Å². The smallest absolute Gasteiger partial charge is 0.485 e. The van der Waals surface area contributed by atoms with Crippen molar-refractivity contribution < 1.29 is 22.9 Å². The van der Waals surface area contributed by atoms with E-state index in [1.54, 1.807) is 7.11 Å². The van der Waals surface area contributed by atoms with E-state index in [1.165, 1.54) is 24.6 Å². The van der Waals surface area contributed by atoms with Gasteiger partial charge in [-0.3, -0.25) is 9.32 Å². The Hall–Kier alpha value is -0.903. The minimum Gasteiger partial charge on any atom is -0.485 e. The summed E-state index contributed by atoms with van der Waals surface area (Å²) in [5, 5.41) is 0.0204. The van der Waals surface area contributed by atoms with E-state index in [9.17, 15) is 4.79 Å². The molecule has 1 aliphatic rings. The normalized spacial score (nSPS) is 23.4. The van der Waals surface area contributed by atoms with Crippen LogP contribution in [0.4, 0.5) is 0 Å². The standard InChI is InChI=1S/C19H31NO5SSi/c1-3-8-17-11-12-24-27(22-2,25-20-15-17)14-7-13-26-19(21)16-23-18-9-5-4-6-10-18/h4-6,9-10,17,20H,3,7-8,11-16H2,1-2H3. The van der Waals surface area contributed by atoms with E-state index in [0.29, 0.717) is 30.1 Å². The molecular formula is C19H31NO5SSi. The third kappa shape index (κ3) is 8.33. The highest BCUT2D eigenvalue weighted by Crippen LogP contribution is 2.22. The topological polar surface area (TPSA) is 66.0 Å². The van der Waals surface area contributed by atoms with Crippen LogP contribution in [0.15, 0.2) is 30.3 Å². The van der Waals surface area contributed by atoms with Crippen molar-refractivity contribution in [3.05, 3.63) is 30.3 Å². The highest BCUT2D eigenvalue weighted by Gasteiger charge is 2.41. The van der Waals surface area contributed by atoms with Crippen molar-refractivity contribution in [1.82, 2.24) is 5.48 Å². The number of para-hydroxylation sites is 1. The number of hydrogen-bond acceptors (Lipinski definition) is 7. The molecule has 27 heavy (non-hydrogen) atoms.